The van der Waals surface area contributed by atoms with Gasteiger partial charge >= 0.3 is 6.18 Å². The van der Waals surface area contributed by atoms with Crippen molar-refractivity contribution in [3.05, 3.63) is 29.3 Å². The fourth-order valence-corrected chi connectivity index (χ4v) is 2.20. The molecule has 0 spiro atoms. The summed E-state index contributed by atoms with van der Waals surface area (Å²) in [6.07, 6.45) is -0.0706. The molecule has 0 atom stereocenters. The van der Waals surface area contributed by atoms with Gasteiger partial charge in [0.15, 0.2) is 5.84 Å². The van der Waals surface area contributed by atoms with Gasteiger partial charge in [-0.3, -0.25) is 0 Å². The molecule has 1 aromatic carbocycles. The van der Waals surface area contributed by atoms with Crippen molar-refractivity contribution >= 4 is 5.84 Å². The largest absolute Gasteiger partial charge is 0.493 e. The standard InChI is InChI=1S/C14H17F3N2O2/c15-14(16,17)10-4-5-12(11(8-10)13(18)19-20)21-7-6-9-2-1-3-9/h4-5,8-9,20H,1-3,6-7H2,(H2,18,19). The predicted molar refractivity (Wildman–Crippen MR) is 71.4 cm³/mol. The van der Waals surface area contributed by atoms with E-state index in [2.05, 4.69) is 5.16 Å². The average molecular weight is 302 g/mol. The molecule has 1 aromatic rings. The Balaban J connectivity index is 2.14. The second kappa shape index (κ2) is 6.24. The number of nitrogens with zero attached hydrogens (tertiary/aromatic N) is 1. The van der Waals surface area contributed by atoms with Crippen LogP contribution in [0.5, 0.6) is 5.75 Å². The first-order valence-electron chi connectivity index (χ1n) is 6.73. The summed E-state index contributed by atoms with van der Waals surface area (Å²) in [4.78, 5) is 0. The number of hydrogen-bond donors (Lipinski definition) is 2. The van der Waals surface area contributed by atoms with Crippen LogP contribution < -0.4 is 10.5 Å². The monoisotopic (exact) mass is 302 g/mol. The lowest BCUT2D eigenvalue weighted by molar-refractivity contribution is -0.137. The zero-order chi connectivity index (χ0) is 15.5. The molecular weight excluding hydrogens is 285 g/mol. The lowest BCUT2D eigenvalue weighted by atomic mass is 9.83. The molecule has 1 saturated carbocycles. The van der Waals surface area contributed by atoms with Gasteiger partial charge in [0.05, 0.1) is 17.7 Å². The van der Waals surface area contributed by atoms with Gasteiger partial charge in [0.1, 0.15) is 5.75 Å². The Hall–Kier alpha value is -1.92. The van der Waals surface area contributed by atoms with Crippen molar-refractivity contribution in [1.29, 1.82) is 0 Å². The molecule has 0 heterocycles. The van der Waals surface area contributed by atoms with Crippen LogP contribution in [0.15, 0.2) is 23.4 Å². The van der Waals surface area contributed by atoms with Crippen molar-refractivity contribution in [2.45, 2.75) is 31.9 Å². The SMILES string of the molecule is N/C(=N/O)c1cc(C(F)(F)F)ccc1OCCC1CCC1. The van der Waals surface area contributed by atoms with E-state index >= 15 is 0 Å². The molecule has 0 saturated heterocycles. The second-order valence-electron chi connectivity index (χ2n) is 5.13. The summed E-state index contributed by atoms with van der Waals surface area (Å²) in [7, 11) is 0. The molecule has 7 heteroatoms. The molecule has 0 aliphatic heterocycles. The highest BCUT2D eigenvalue weighted by Crippen LogP contribution is 2.33. The Morgan fingerprint density at radius 3 is 2.62 bits per heavy atom. The van der Waals surface area contributed by atoms with Gasteiger partial charge in [-0.25, -0.2) is 0 Å². The topological polar surface area (TPSA) is 67.8 Å². The van der Waals surface area contributed by atoms with Gasteiger partial charge < -0.3 is 15.7 Å². The van der Waals surface area contributed by atoms with E-state index in [1.165, 1.54) is 25.3 Å². The Morgan fingerprint density at radius 2 is 2.10 bits per heavy atom. The van der Waals surface area contributed by atoms with Crippen LogP contribution in [0.1, 0.15) is 36.8 Å². The number of rotatable bonds is 5. The number of oxime groups is 1. The molecule has 0 amide bonds. The first kappa shape index (κ1) is 15.5. The number of ether oxygens (including phenoxy) is 1. The van der Waals surface area contributed by atoms with Crippen molar-refractivity contribution in [3.8, 4) is 5.75 Å². The molecular formula is C14H17F3N2O2. The first-order valence-corrected chi connectivity index (χ1v) is 6.73. The molecule has 2 rings (SSSR count). The molecule has 0 aromatic heterocycles. The van der Waals surface area contributed by atoms with Crippen LogP contribution in [0, 0.1) is 5.92 Å². The van der Waals surface area contributed by atoms with E-state index in [-0.39, 0.29) is 11.3 Å². The summed E-state index contributed by atoms with van der Waals surface area (Å²) in [5.41, 5.74) is 4.51. The van der Waals surface area contributed by atoms with Crippen LogP contribution in [-0.4, -0.2) is 17.6 Å². The number of hydrogen-bond acceptors (Lipinski definition) is 3. The van der Waals surface area contributed by atoms with Gasteiger partial charge in [-0.15, -0.1) is 0 Å². The Kier molecular flexibility index (Phi) is 4.59. The van der Waals surface area contributed by atoms with Gasteiger partial charge in [0.2, 0.25) is 0 Å². The summed E-state index contributed by atoms with van der Waals surface area (Å²) in [6.45, 7) is 0.405. The predicted octanol–water partition coefficient (Wildman–Crippen LogP) is 3.37. The number of halogens is 3. The minimum Gasteiger partial charge on any atom is -0.493 e. The molecule has 3 N–H and O–H groups in total. The van der Waals surface area contributed by atoms with Crippen LogP contribution in [0.3, 0.4) is 0 Å². The average Bonchev–Trinajstić information content (AvgIpc) is 2.39. The third-order valence-electron chi connectivity index (χ3n) is 3.70. The Bertz CT molecular complexity index is 525. The first-order chi connectivity index (χ1) is 9.91. The van der Waals surface area contributed by atoms with Gasteiger partial charge in [0, 0.05) is 0 Å². The highest BCUT2D eigenvalue weighted by atomic mass is 19.4. The van der Waals surface area contributed by atoms with Crippen LogP contribution in [0.2, 0.25) is 0 Å². The Morgan fingerprint density at radius 1 is 1.38 bits per heavy atom. The lowest BCUT2D eigenvalue weighted by Gasteiger charge is -2.25. The summed E-state index contributed by atoms with van der Waals surface area (Å²) in [6, 6.07) is 2.96. The fourth-order valence-electron chi connectivity index (χ4n) is 2.20. The van der Waals surface area contributed by atoms with E-state index in [1.807, 2.05) is 0 Å². The minimum absolute atomic E-state index is 0.0547. The molecule has 0 bridgehead atoms. The molecule has 1 aliphatic rings. The zero-order valence-electron chi connectivity index (χ0n) is 11.4. The number of amidine groups is 1. The maximum absolute atomic E-state index is 12.7. The van der Waals surface area contributed by atoms with E-state index < -0.39 is 17.6 Å². The van der Waals surface area contributed by atoms with Crippen LogP contribution in [0.4, 0.5) is 13.2 Å². The van der Waals surface area contributed by atoms with Gasteiger partial charge in [0.25, 0.3) is 0 Å². The van der Waals surface area contributed by atoms with Crippen molar-refractivity contribution in [2.75, 3.05) is 6.61 Å². The van der Waals surface area contributed by atoms with Crippen molar-refractivity contribution in [3.63, 3.8) is 0 Å². The summed E-state index contributed by atoms with van der Waals surface area (Å²) in [5, 5.41) is 11.5. The normalized spacial score (nSPS) is 16.6. The van der Waals surface area contributed by atoms with E-state index in [0.29, 0.717) is 12.5 Å². The molecule has 116 valence electrons. The molecule has 4 nitrogen and oxygen atoms in total. The molecule has 21 heavy (non-hydrogen) atoms. The van der Waals surface area contributed by atoms with Crippen molar-refractivity contribution in [1.82, 2.24) is 0 Å². The third kappa shape index (κ3) is 3.80. The summed E-state index contributed by atoms with van der Waals surface area (Å²) < 4.78 is 43.6. The highest BCUT2D eigenvalue weighted by molar-refractivity contribution is 5.99. The molecule has 1 aliphatic carbocycles. The van der Waals surface area contributed by atoms with Crippen LogP contribution >= 0.6 is 0 Å². The van der Waals surface area contributed by atoms with Crippen LogP contribution in [-0.2, 0) is 6.18 Å². The second-order valence-corrected chi connectivity index (χ2v) is 5.13. The molecule has 1 fully saturated rings. The van der Waals surface area contributed by atoms with Gasteiger partial charge in [-0.1, -0.05) is 24.4 Å². The maximum atomic E-state index is 12.7. The molecule has 0 radical (unpaired) electrons. The fraction of sp³-hybridized carbons (Fsp3) is 0.500. The quantitative estimate of drug-likeness (QED) is 0.379. The number of benzene rings is 1. The molecule has 0 unspecified atom stereocenters. The minimum atomic E-state index is -4.49. The Labute approximate surface area is 120 Å². The van der Waals surface area contributed by atoms with Crippen LogP contribution in [0.25, 0.3) is 0 Å². The summed E-state index contributed by atoms with van der Waals surface area (Å²) >= 11 is 0. The van der Waals surface area contributed by atoms with E-state index in [0.717, 1.165) is 18.6 Å². The van der Waals surface area contributed by atoms with Gasteiger partial charge in [-0.2, -0.15) is 13.2 Å². The number of alkyl halides is 3. The number of nitrogens with two attached hydrogens (primary N) is 1. The highest BCUT2D eigenvalue weighted by Gasteiger charge is 2.31. The summed E-state index contributed by atoms with van der Waals surface area (Å²) in [5.74, 6) is 0.420. The van der Waals surface area contributed by atoms with Gasteiger partial charge in [-0.05, 0) is 30.5 Å². The van der Waals surface area contributed by atoms with E-state index in [4.69, 9.17) is 15.7 Å². The van der Waals surface area contributed by atoms with E-state index in [9.17, 15) is 13.2 Å². The zero-order valence-corrected chi connectivity index (χ0v) is 11.4. The lowest BCUT2D eigenvalue weighted by Crippen LogP contribution is -2.18. The third-order valence-corrected chi connectivity index (χ3v) is 3.70. The van der Waals surface area contributed by atoms with Crippen molar-refractivity contribution < 1.29 is 23.1 Å². The van der Waals surface area contributed by atoms with E-state index in [1.54, 1.807) is 0 Å². The maximum Gasteiger partial charge on any atom is 0.416 e. The smallest absolute Gasteiger partial charge is 0.416 e. The van der Waals surface area contributed by atoms with Crippen molar-refractivity contribution in [2.24, 2.45) is 16.8 Å².